The van der Waals surface area contributed by atoms with Gasteiger partial charge in [0.1, 0.15) is 18.4 Å². The summed E-state index contributed by atoms with van der Waals surface area (Å²) in [7, 11) is 0. The topological polar surface area (TPSA) is 58.6 Å². The molecule has 0 saturated carbocycles. The van der Waals surface area contributed by atoms with Crippen molar-refractivity contribution in [1.82, 2.24) is 5.32 Å². The lowest BCUT2D eigenvalue weighted by Crippen LogP contribution is -2.42. The number of carbonyl (C=O) groups is 1. The number of hydrogen-bond acceptors (Lipinski definition) is 3. The van der Waals surface area contributed by atoms with Gasteiger partial charge in [-0.3, -0.25) is 4.79 Å². The predicted octanol–water partition coefficient (Wildman–Crippen LogP) is 2.53. The third-order valence-corrected chi connectivity index (χ3v) is 3.01. The van der Waals surface area contributed by atoms with Crippen LogP contribution in [0.2, 0.25) is 0 Å². The Labute approximate surface area is 115 Å². The summed E-state index contributed by atoms with van der Waals surface area (Å²) in [6, 6.07) is 6.99. The van der Waals surface area contributed by atoms with Gasteiger partial charge in [-0.1, -0.05) is 29.8 Å². The van der Waals surface area contributed by atoms with Gasteiger partial charge in [-0.2, -0.15) is 0 Å². The summed E-state index contributed by atoms with van der Waals surface area (Å²) in [5.74, 6) is 0.000226. The Bertz CT molecular complexity index is 378. The molecule has 0 aromatic heterocycles. The number of carboxylic acid groups (broad SMARTS) is 1. The molecule has 1 unspecified atom stereocenters. The van der Waals surface area contributed by atoms with Gasteiger partial charge in [0, 0.05) is 11.0 Å². The van der Waals surface area contributed by atoms with Gasteiger partial charge in [-0.15, -0.1) is 0 Å². The van der Waals surface area contributed by atoms with Gasteiger partial charge in [0.05, 0.1) is 0 Å². The van der Waals surface area contributed by atoms with Crippen molar-refractivity contribution in [3.63, 3.8) is 0 Å². The molecular weight excluding hydrogens is 298 g/mol. The Morgan fingerprint density at radius 1 is 1.39 bits per heavy atom. The monoisotopic (exact) mass is 315 g/mol. The number of halogens is 1. The molecule has 5 heteroatoms. The van der Waals surface area contributed by atoms with Crippen molar-refractivity contribution in [1.29, 1.82) is 0 Å². The Morgan fingerprint density at radius 2 is 2.00 bits per heavy atom. The lowest BCUT2D eigenvalue weighted by molar-refractivity contribution is -0.140. The van der Waals surface area contributed by atoms with E-state index in [1.807, 2.05) is 38.1 Å². The lowest BCUT2D eigenvalue weighted by atomic mass is 10.1. The quantitative estimate of drug-likeness (QED) is 0.759. The molecule has 1 atom stereocenters. The fourth-order valence-electron chi connectivity index (χ4n) is 1.52. The zero-order valence-corrected chi connectivity index (χ0v) is 12.1. The number of hydrogen-bond donors (Lipinski definition) is 2. The minimum absolute atomic E-state index is 0.0511. The van der Waals surface area contributed by atoms with Crippen LogP contribution >= 0.6 is 15.9 Å². The summed E-state index contributed by atoms with van der Waals surface area (Å²) in [6.07, 6.45) is 0. The molecule has 0 fully saturated rings. The van der Waals surface area contributed by atoms with E-state index in [-0.39, 0.29) is 5.92 Å². The van der Waals surface area contributed by atoms with Crippen LogP contribution in [0.1, 0.15) is 13.8 Å². The van der Waals surface area contributed by atoms with Gasteiger partial charge in [0.2, 0.25) is 0 Å². The van der Waals surface area contributed by atoms with Crippen LogP contribution in [0.3, 0.4) is 0 Å². The minimum atomic E-state index is -0.825. The average Bonchev–Trinajstić information content (AvgIpc) is 2.30. The summed E-state index contributed by atoms with van der Waals surface area (Å²) < 4.78 is 6.49. The molecule has 0 amide bonds. The van der Waals surface area contributed by atoms with Crippen molar-refractivity contribution < 1.29 is 14.6 Å². The largest absolute Gasteiger partial charge is 0.492 e. The normalized spacial score (nSPS) is 12.4. The number of benzene rings is 1. The second kappa shape index (κ2) is 7.38. The molecule has 100 valence electrons. The van der Waals surface area contributed by atoms with Crippen molar-refractivity contribution in [2.45, 2.75) is 19.9 Å². The van der Waals surface area contributed by atoms with Crippen LogP contribution in [0, 0.1) is 5.92 Å². The van der Waals surface area contributed by atoms with E-state index in [4.69, 9.17) is 9.84 Å². The number of ether oxygens (including phenoxy) is 1. The predicted molar refractivity (Wildman–Crippen MR) is 73.9 cm³/mol. The highest BCUT2D eigenvalue weighted by atomic mass is 79.9. The summed E-state index contributed by atoms with van der Waals surface area (Å²) in [5, 5.41) is 11.9. The molecule has 1 aromatic carbocycles. The third kappa shape index (κ3) is 5.06. The summed E-state index contributed by atoms with van der Waals surface area (Å²) in [4.78, 5) is 10.9. The van der Waals surface area contributed by atoms with E-state index in [2.05, 4.69) is 21.2 Å². The summed E-state index contributed by atoms with van der Waals surface area (Å²) >= 11 is 3.35. The van der Waals surface area contributed by atoms with Crippen LogP contribution in [0.5, 0.6) is 5.75 Å². The average molecular weight is 316 g/mol. The fourth-order valence-corrected chi connectivity index (χ4v) is 1.79. The molecular formula is C13H18BrNO3. The van der Waals surface area contributed by atoms with Crippen LogP contribution in [-0.4, -0.2) is 30.3 Å². The number of aliphatic carboxylic acids is 1. The second-order valence-electron chi connectivity index (χ2n) is 4.32. The lowest BCUT2D eigenvalue weighted by Gasteiger charge is -2.17. The van der Waals surface area contributed by atoms with Crippen molar-refractivity contribution in [2.75, 3.05) is 13.2 Å². The third-order valence-electron chi connectivity index (χ3n) is 2.48. The smallest absolute Gasteiger partial charge is 0.320 e. The Hall–Kier alpha value is -1.07. The van der Waals surface area contributed by atoms with Crippen LogP contribution < -0.4 is 10.1 Å². The molecule has 0 saturated heterocycles. The van der Waals surface area contributed by atoms with Crippen LogP contribution in [-0.2, 0) is 4.79 Å². The minimum Gasteiger partial charge on any atom is -0.492 e. The van der Waals surface area contributed by atoms with E-state index >= 15 is 0 Å². The molecule has 18 heavy (non-hydrogen) atoms. The SMILES string of the molecule is CC(C)C(NCCOc1ccc(Br)cc1)C(=O)O. The molecule has 0 bridgehead atoms. The maximum Gasteiger partial charge on any atom is 0.320 e. The molecule has 4 nitrogen and oxygen atoms in total. The van der Waals surface area contributed by atoms with Crippen LogP contribution in [0.4, 0.5) is 0 Å². The van der Waals surface area contributed by atoms with Gasteiger partial charge in [-0.25, -0.2) is 0 Å². The number of rotatable bonds is 7. The maximum atomic E-state index is 10.9. The van der Waals surface area contributed by atoms with Crippen molar-refractivity contribution in [3.8, 4) is 5.75 Å². The maximum absolute atomic E-state index is 10.9. The van der Waals surface area contributed by atoms with Gasteiger partial charge >= 0.3 is 5.97 Å². The van der Waals surface area contributed by atoms with Crippen molar-refractivity contribution >= 4 is 21.9 Å². The molecule has 0 spiro atoms. The Balaban J connectivity index is 2.29. The van der Waals surface area contributed by atoms with Gasteiger partial charge in [0.15, 0.2) is 0 Å². The zero-order valence-electron chi connectivity index (χ0n) is 10.5. The van der Waals surface area contributed by atoms with Crippen molar-refractivity contribution in [2.24, 2.45) is 5.92 Å². The van der Waals surface area contributed by atoms with Crippen LogP contribution in [0.15, 0.2) is 28.7 Å². The van der Waals surface area contributed by atoms with E-state index in [1.54, 1.807) is 0 Å². The Kier molecular flexibility index (Phi) is 6.15. The highest BCUT2D eigenvalue weighted by Crippen LogP contribution is 2.15. The highest BCUT2D eigenvalue weighted by molar-refractivity contribution is 9.10. The molecule has 0 aliphatic rings. The van der Waals surface area contributed by atoms with Gasteiger partial charge < -0.3 is 15.2 Å². The van der Waals surface area contributed by atoms with E-state index in [0.717, 1.165) is 10.2 Å². The van der Waals surface area contributed by atoms with E-state index in [0.29, 0.717) is 13.2 Å². The molecule has 0 aliphatic heterocycles. The second-order valence-corrected chi connectivity index (χ2v) is 5.23. The molecule has 2 N–H and O–H groups in total. The van der Waals surface area contributed by atoms with Gasteiger partial charge in [-0.05, 0) is 30.2 Å². The molecule has 1 aromatic rings. The first-order valence-corrected chi connectivity index (χ1v) is 6.64. The van der Waals surface area contributed by atoms with E-state index in [9.17, 15) is 4.79 Å². The molecule has 0 aliphatic carbocycles. The summed E-state index contributed by atoms with van der Waals surface area (Å²) in [5.41, 5.74) is 0. The molecule has 0 radical (unpaired) electrons. The first kappa shape index (κ1) is 15.0. The Morgan fingerprint density at radius 3 is 2.50 bits per heavy atom. The van der Waals surface area contributed by atoms with Gasteiger partial charge in [0.25, 0.3) is 0 Å². The first-order chi connectivity index (χ1) is 8.50. The molecule has 1 rings (SSSR count). The van der Waals surface area contributed by atoms with Crippen molar-refractivity contribution in [3.05, 3.63) is 28.7 Å². The van der Waals surface area contributed by atoms with E-state index in [1.165, 1.54) is 0 Å². The van der Waals surface area contributed by atoms with E-state index < -0.39 is 12.0 Å². The number of nitrogens with one attached hydrogen (secondary N) is 1. The zero-order chi connectivity index (χ0) is 13.5. The number of carboxylic acids is 1. The standard InChI is InChI=1S/C13H18BrNO3/c1-9(2)12(13(16)17)15-7-8-18-11-5-3-10(14)4-6-11/h3-6,9,12,15H,7-8H2,1-2H3,(H,16,17). The van der Waals surface area contributed by atoms with Crippen LogP contribution in [0.25, 0.3) is 0 Å². The highest BCUT2D eigenvalue weighted by Gasteiger charge is 2.19. The molecule has 0 heterocycles. The first-order valence-electron chi connectivity index (χ1n) is 5.85. The summed E-state index contributed by atoms with van der Waals surface area (Å²) in [6.45, 7) is 4.70. The fraction of sp³-hybridized carbons (Fsp3) is 0.462.